The molecule has 3 nitrogen and oxygen atoms in total. The molecule has 0 aromatic rings. The van der Waals surface area contributed by atoms with Crippen molar-refractivity contribution >= 4 is 5.78 Å². The first-order chi connectivity index (χ1) is 10.1. The van der Waals surface area contributed by atoms with Crippen molar-refractivity contribution in [1.82, 2.24) is 0 Å². The predicted octanol–water partition coefficient (Wildman–Crippen LogP) is 3.80. The summed E-state index contributed by atoms with van der Waals surface area (Å²) in [5.74, 6) is 0.144. The normalized spacial score (nSPS) is 28.8. The van der Waals surface area contributed by atoms with Crippen LogP contribution in [0.25, 0.3) is 0 Å². The number of hydrogen-bond donors (Lipinski definition) is 0. The molecule has 3 rings (SSSR count). The fourth-order valence-corrected chi connectivity index (χ4v) is 2.90. The Morgan fingerprint density at radius 3 is 1.57 bits per heavy atom. The first-order valence-corrected chi connectivity index (χ1v) is 7.03. The van der Waals surface area contributed by atoms with Gasteiger partial charge in [0.25, 0.3) is 0 Å². The molecule has 2 unspecified atom stereocenters. The molecular formula is C18H18O3. The topological polar surface area (TPSA) is 35.5 Å². The molecule has 1 fully saturated rings. The number of allylic oxidation sites excluding steroid dienone is 8. The summed E-state index contributed by atoms with van der Waals surface area (Å²) >= 11 is 0. The van der Waals surface area contributed by atoms with Crippen LogP contribution in [-0.2, 0) is 14.3 Å². The third kappa shape index (κ3) is 2.51. The van der Waals surface area contributed by atoms with E-state index >= 15 is 0 Å². The van der Waals surface area contributed by atoms with Crippen LogP contribution in [0.2, 0.25) is 0 Å². The SMILES string of the molecule is CC1(C)C(C=C2C=COC=C2)C(=O)C1C=C1C=COC=C1. The van der Waals surface area contributed by atoms with Crippen LogP contribution in [0.1, 0.15) is 13.8 Å². The first kappa shape index (κ1) is 13.7. The van der Waals surface area contributed by atoms with Crippen LogP contribution in [0.3, 0.4) is 0 Å². The zero-order chi connectivity index (χ0) is 14.9. The lowest BCUT2D eigenvalue weighted by atomic mass is 9.53. The smallest absolute Gasteiger partial charge is 0.147 e. The van der Waals surface area contributed by atoms with Gasteiger partial charge in [0.1, 0.15) is 5.78 Å². The molecule has 0 aromatic carbocycles. The summed E-state index contributed by atoms with van der Waals surface area (Å²) in [5.41, 5.74) is 1.95. The van der Waals surface area contributed by atoms with Gasteiger partial charge in [0.2, 0.25) is 0 Å². The Bertz CT molecular complexity index is 547. The van der Waals surface area contributed by atoms with Crippen molar-refractivity contribution in [2.75, 3.05) is 0 Å². The molecule has 3 aliphatic rings. The van der Waals surface area contributed by atoms with Crippen LogP contribution in [0, 0.1) is 17.3 Å². The highest BCUT2D eigenvalue weighted by atomic mass is 16.5. The average molecular weight is 282 g/mol. The summed E-state index contributed by atoms with van der Waals surface area (Å²) < 4.78 is 10.0. The summed E-state index contributed by atoms with van der Waals surface area (Å²) in [4.78, 5) is 12.5. The summed E-state index contributed by atoms with van der Waals surface area (Å²) in [6, 6.07) is 0. The van der Waals surface area contributed by atoms with E-state index in [0.717, 1.165) is 11.1 Å². The summed E-state index contributed by atoms with van der Waals surface area (Å²) in [5, 5.41) is 0. The van der Waals surface area contributed by atoms with Gasteiger partial charge in [-0.05, 0) is 40.9 Å². The van der Waals surface area contributed by atoms with Crippen molar-refractivity contribution in [2.24, 2.45) is 17.3 Å². The second-order valence-electron chi connectivity index (χ2n) is 6.00. The number of rotatable bonds is 2. The van der Waals surface area contributed by atoms with E-state index in [2.05, 4.69) is 13.8 Å². The van der Waals surface area contributed by atoms with E-state index in [9.17, 15) is 4.79 Å². The maximum absolute atomic E-state index is 12.5. The van der Waals surface area contributed by atoms with Gasteiger partial charge in [0, 0.05) is 11.8 Å². The number of carbonyl (C=O) groups is 1. The third-order valence-corrected chi connectivity index (χ3v) is 4.29. The van der Waals surface area contributed by atoms with Gasteiger partial charge in [-0.3, -0.25) is 4.79 Å². The number of ketones is 1. The summed E-state index contributed by atoms with van der Waals surface area (Å²) in [6.07, 6.45) is 18.1. The molecule has 108 valence electrons. The molecule has 21 heavy (non-hydrogen) atoms. The summed E-state index contributed by atoms with van der Waals surface area (Å²) in [6.45, 7) is 4.27. The molecular weight excluding hydrogens is 264 g/mol. The minimum atomic E-state index is -0.0863. The Morgan fingerprint density at radius 1 is 0.857 bits per heavy atom. The van der Waals surface area contributed by atoms with Crippen molar-refractivity contribution in [3.63, 3.8) is 0 Å². The standard InChI is InChI=1S/C18H18O3/c1-18(2)15(11-13-3-7-20-8-4-13)17(19)16(18)12-14-5-9-21-10-6-14/h3-12,15-16H,1-2H3. The zero-order valence-electron chi connectivity index (χ0n) is 12.2. The van der Waals surface area contributed by atoms with Crippen LogP contribution in [-0.4, -0.2) is 5.78 Å². The largest absolute Gasteiger partial charge is 0.473 e. The Hall–Kier alpha value is -2.29. The number of carbonyl (C=O) groups excluding carboxylic acids is 1. The molecule has 1 aliphatic carbocycles. The van der Waals surface area contributed by atoms with Gasteiger partial charge < -0.3 is 9.47 Å². The molecule has 0 N–H and O–H groups in total. The molecule has 0 radical (unpaired) electrons. The molecule has 3 heteroatoms. The zero-order valence-corrected chi connectivity index (χ0v) is 12.2. The minimum absolute atomic E-state index is 0.0606. The molecule has 0 amide bonds. The number of ether oxygens (including phenoxy) is 2. The second kappa shape index (κ2) is 5.24. The van der Waals surface area contributed by atoms with Crippen molar-refractivity contribution in [3.05, 3.63) is 72.7 Å². The lowest BCUT2D eigenvalue weighted by molar-refractivity contribution is -0.143. The number of hydrogen-bond acceptors (Lipinski definition) is 3. The van der Waals surface area contributed by atoms with Gasteiger partial charge in [0.05, 0.1) is 25.0 Å². The highest BCUT2D eigenvalue weighted by Crippen LogP contribution is 2.50. The summed E-state index contributed by atoms with van der Waals surface area (Å²) in [7, 11) is 0. The van der Waals surface area contributed by atoms with E-state index in [1.54, 1.807) is 25.0 Å². The van der Waals surface area contributed by atoms with Crippen LogP contribution in [0.5, 0.6) is 0 Å². The maximum Gasteiger partial charge on any atom is 0.147 e. The fourth-order valence-electron chi connectivity index (χ4n) is 2.90. The third-order valence-electron chi connectivity index (χ3n) is 4.29. The van der Waals surface area contributed by atoms with Crippen LogP contribution in [0.4, 0.5) is 0 Å². The van der Waals surface area contributed by atoms with Crippen molar-refractivity contribution in [3.8, 4) is 0 Å². The van der Waals surface area contributed by atoms with E-state index in [-0.39, 0.29) is 23.0 Å². The Balaban J connectivity index is 1.80. The van der Waals surface area contributed by atoms with E-state index in [4.69, 9.17) is 9.47 Å². The molecule has 1 saturated carbocycles. The number of Topliss-reactive ketones (excluding diaryl/α,β-unsaturated/α-hetero) is 1. The minimum Gasteiger partial charge on any atom is -0.473 e. The quantitative estimate of drug-likeness (QED) is 0.773. The average Bonchev–Trinajstić information content (AvgIpc) is 2.52. The van der Waals surface area contributed by atoms with Gasteiger partial charge in [0.15, 0.2) is 0 Å². The monoisotopic (exact) mass is 282 g/mol. The van der Waals surface area contributed by atoms with Crippen molar-refractivity contribution < 1.29 is 14.3 Å². The van der Waals surface area contributed by atoms with E-state index < -0.39 is 0 Å². The molecule has 0 aromatic heterocycles. The lowest BCUT2D eigenvalue weighted by Gasteiger charge is -2.48. The highest BCUT2D eigenvalue weighted by molar-refractivity contribution is 5.95. The van der Waals surface area contributed by atoms with Crippen LogP contribution < -0.4 is 0 Å². The molecule has 2 atom stereocenters. The van der Waals surface area contributed by atoms with Gasteiger partial charge in [-0.25, -0.2) is 0 Å². The highest BCUT2D eigenvalue weighted by Gasteiger charge is 2.53. The van der Waals surface area contributed by atoms with Gasteiger partial charge >= 0.3 is 0 Å². The van der Waals surface area contributed by atoms with E-state index in [1.807, 2.05) is 36.5 Å². The maximum atomic E-state index is 12.5. The fraction of sp³-hybridized carbons (Fsp3) is 0.278. The van der Waals surface area contributed by atoms with Gasteiger partial charge in [-0.15, -0.1) is 0 Å². The lowest BCUT2D eigenvalue weighted by Crippen LogP contribution is -2.52. The molecule has 2 aliphatic heterocycles. The van der Waals surface area contributed by atoms with Gasteiger partial charge in [-0.2, -0.15) is 0 Å². The van der Waals surface area contributed by atoms with Crippen molar-refractivity contribution in [2.45, 2.75) is 13.8 Å². The molecule has 0 bridgehead atoms. The van der Waals surface area contributed by atoms with Crippen LogP contribution in [0.15, 0.2) is 72.7 Å². The van der Waals surface area contributed by atoms with Crippen LogP contribution >= 0.6 is 0 Å². The first-order valence-electron chi connectivity index (χ1n) is 7.03. The Morgan fingerprint density at radius 2 is 1.24 bits per heavy atom. The Labute approximate surface area is 124 Å². The van der Waals surface area contributed by atoms with Crippen molar-refractivity contribution in [1.29, 1.82) is 0 Å². The van der Waals surface area contributed by atoms with E-state index in [1.165, 1.54) is 0 Å². The second-order valence-corrected chi connectivity index (χ2v) is 6.00. The predicted molar refractivity (Wildman–Crippen MR) is 80.7 cm³/mol. The Kier molecular flexibility index (Phi) is 3.42. The van der Waals surface area contributed by atoms with E-state index in [0.29, 0.717) is 0 Å². The molecule has 0 saturated heterocycles. The van der Waals surface area contributed by atoms with Gasteiger partial charge in [-0.1, -0.05) is 26.0 Å². The molecule has 2 heterocycles. The molecule has 0 spiro atoms.